The van der Waals surface area contributed by atoms with Crippen LogP contribution in [-0.4, -0.2) is 106 Å². The fraction of sp³-hybridized carbons (Fsp3) is 0.667. The molecule has 12 N–H and O–H groups in total. The van der Waals surface area contributed by atoms with Gasteiger partial charge in [-0.2, -0.15) is 0 Å². The van der Waals surface area contributed by atoms with Crippen molar-refractivity contribution in [2.24, 2.45) is 17.4 Å². The average Bonchev–Trinajstić information content (AvgIpc) is 3.20. The minimum Gasteiger partial charge on any atom is -0.480 e. The zero-order chi connectivity index (χ0) is 45.0. The molecule has 1 aromatic rings. The second-order valence-corrected chi connectivity index (χ2v) is 15.4. The molecule has 0 aliphatic rings. The summed E-state index contributed by atoms with van der Waals surface area (Å²) < 4.78 is 0. The van der Waals surface area contributed by atoms with Crippen LogP contribution in [-0.2, 0) is 44.8 Å². The number of rotatable bonds is 33. The third-order valence-electron chi connectivity index (χ3n) is 10.3. The molecule has 3 unspecified atom stereocenters. The molecule has 0 saturated carbocycles. The first-order chi connectivity index (χ1) is 28.5. The van der Waals surface area contributed by atoms with Gasteiger partial charge in [0.1, 0.15) is 30.2 Å². The molecule has 18 heteroatoms. The largest absolute Gasteiger partial charge is 0.480 e. The number of primary amides is 2. The second kappa shape index (κ2) is 30.0. The van der Waals surface area contributed by atoms with Gasteiger partial charge in [-0.1, -0.05) is 115 Å². The van der Waals surface area contributed by atoms with Gasteiger partial charge in [0.15, 0.2) is 0 Å². The molecule has 60 heavy (non-hydrogen) atoms. The molecule has 0 bridgehead atoms. The number of carbonyl (C=O) groups is 8. The van der Waals surface area contributed by atoms with Crippen molar-refractivity contribution >= 4 is 47.3 Å². The molecule has 1 aromatic carbocycles. The minimum atomic E-state index is -1.33. The number of nitrogens with one attached hydrogen (secondary N) is 5. The van der Waals surface area contributed by atoms with Crippen molar-refractivity contribution in [3.63, 3.8) is 0 Å². The molecule has 0 aliphatic heterocycles. The lowest BCUT2D eigenvalue weighted by Gasteiger charge is -2.28. The lowest BCUT2D eigenvalue weighted by molar-refractivity contribution is -0.142. The summed E-state index contributed by atoms with van der Waals surface area (Å²) >= 11 is 0. The smallest absolute Gasteiger partial charge is 0.326 e. The highest BCUT2D eigenvalue weighted by molar-refractivity contribution is 5.95. The van der Waals surface area contributed by atoms with Gasteiger partial charge >= 0.3 is 5.97 Å². The summed E-state index contributed by atoms with van der Waals surface area (Å²) in [6.45, 7) is 4.16. The molecule has 7 amide bonds. The van der Waals surface area contributed by atoms with E-state index in [9.17, 15) is 53.7 Å². The molecule has 1 rings (SSSR count). The Balaban J connectivity index is 2.24. The molecule has 0 saturated heterocycles. The van der Waals surface area contributed by atoms with Crippen LogP contribution in [0.15, 0.2) is 30.3 Å². The molecule has 0 aromatic heterocycles. The van der Waals surface area contributed by atoms with E-state index in [1.165, 1.54) is 6.92 Å². The van der Waals surface area contributed by atoms with E-state index >= 15 is 0 Å². The highest BCUT2D eigenvalue weighted by atomic mass is 16.4. The first kappa shape index (κ1) is 52.9. The second-order valence-electron chi connectivity index (χ2n) is 15.4. The van der Waals surface area contributed by atoms with Gasteiger partial charge in [0.25, 0.3) is 0 Å². The van der Waals surface area contributed by atoms with Gasteiger partial charge in [-0.15, -0.1) is 0 Å². The molecule has 0 radical (unpaired) electrons. The number of carboxylic acid groups (broad SMARTS) is 1. The van der Waals surface area contributed by atoms with E-state index in [-0.39, 0.29) is 25.2 Å². The number of carbonyl (C=O) groups excluding carboxylic acids is 7. The van der Waals surface area contributed by atoms with Crippen LogP contribution < -0.4 is 38.1 Å². The number of nitrogens with two attached hydrogens (primary N) is 2. The Morgan fingerprint density at radius 2 is 1.03 bits per heavy atom. The topological polar surface area (TPSA) is 309 Å². The van der Waals surface area contributed by atoms with Gasteiger partial charge in [-0.3, -0.25) is 33.6 Å². The number of aliphatic hydroxyl groups is 2. The van der Waals surface area contributed by atoms with Gasteiger partial charge in [0.2, 0.25) is 41.4 Å². The first-order valence-electron chi connectivity index (χ1n) is 21.1. The van der Waals surface area contributed by atoms with Crippen LogP contribution in [0, 0.1) is 5.92 Å². The van der Waals surface area contributed by atoms with Crippen molar-refractivity contribution in [2.45, 2.75) is 166 Å². The van der Waals surface area contributed by atoms with Crippen molar-refractivity contribution in [1.82, 2.24) is 26.6 Å². The zero-order valence-electron chi connectivity index (χ0n) is 35.4. The highest BCUT2D eigenvalue weighted by Crippen LogP contribution is 2.14. The van der Waals surface area contributed by atoms with Crippen molar-refractivity contribution in [3.05, 3.63) is 35.9 Å². The van der Waals surface area contributed by atoms with E-state index in [0.717, 1.165) is 69.8 Å². The highest BCUT2D eigenvalue weighted by Gasteiger charge is 2.33. The molecule has 0 fully saturated rings. The normalized spacial score (nSPS) is 14.6. The summed E-state index contributed by atoms with van der Waals surface area (Å²) in [6.07, 6.45) is 10.2. The lowest BCUT2D eigenvalue weighted by atomic mass is 9.97. The fourth-order valence-electron chi connectivity index (χ4n) is 6.38. The zero-order valence-corrected chi connectivity index (χ0v) is 35.4. The van der Waals surface area contributed by atoms with Gasteiger partial charge in [-0.25, -0.2) is 4.79 Å². The van der Waals surface area contributed by atoms with Gasteiger partial charge in [0.05, 0.1) is 19.1 Å². The molecule has 0 heterocycles. The van der Waals surface area contributed by atoms with Crippen LogP contribution in [0.4, 0.5) is 0 Å². The Kier molecular flexibility index (Phi) is 26.5. The number of unbranched alkanes of at least 4 members (excludes halogenated alkanes) is 11. The Bertz CT molecular complexity index is 1510. The number of aliphatic hydroxyl groups excluding tert-OH is 2. The maximum Gasteiger partial charge on any atom is 0.326 e. The maximum atomic E-state index is 13.1. The number of hydrogen-bond donors (Lipinski definition) is 10. The first-order valence-corrected chi connectivity index (χ1v) is 21.1. The Hall–Kier alpha value is -5.10. The van der Waals surface area contributed by atoms with Crippen molar-refractivity contribution in [2.75, 3.05) is 6.61 Å². The van der Waals surface area contributed by atoms with Crippen LogP contribution >= 0.6 is 0 Å². The third kappa shape index (κ3) is 22.3. The summed E-state index contributed by atoms with van der Waals surface area (Å²) in [7, 11) is 0. The van der Waals surface area contributed by atoms with E-state index in [0.29, 0.717) is 19.3 Å². The van der Waals surface area contributed by atoms with Crippen LogP contribution in [0.25, 0.3) is 0 Å². The third-order valence-corrected chi connectivity index (χ3v) is 10.3. The van der Waals surface area contributed by atoms with Crippen LogP contribution in [0.1, 0.15) is 129 Å². The van der Waals surface area contributed by atoms with Gasteiger partial charge in [0, 0.05) is 19.3 Å². The summed E-state index contributed by atoms with van der Waals surface area (Å²) in [4.78, 5) is 98.5. The number of hydrogen-bond acceptors (Lipinski definition) is 10. The number of amides is 7. The van der Waals surface area contributed by atoms with Crippen LogP contribution in [0.2, 0.25) is 0 Å². The van der Waals surface area contributed by atoms with Gasteiger partial charge < -0.3 is 53.4 Å². The Labute approximate surface area is 353 Å². The predicted molar refractivity (Wildman–Crippen MR) is 223 cm³/mol. The average molecular weight is 848 g/mol. The maximum absolute atomic E-state index is 13.1. The predicted octanol–water partition coefficient (Wildman–Crippen LogP) is 0.979. The summed E-state index contributed by atoms with van der Waals surface area (Å²) in [5.74, 6) is -6.42. The molecule has 7 atom stereocenters. The van der Waals surface area contributed by atoms with E-state index in [4.69, 9.17) is 11.5 Å². The molecule has 0 aliphatic carbocycles. The van der Waals surface area contributed by atoms with Crippen molar-refractivity contribution < 1.29 is 53.7 Å². The summed E-state index contributed by atoms with van der Waals surface area (Å²) in [5, 5.41) is 41.4. The van der Waals surface area contributed by atoms with Crippen LogP contribution in [0.3, 0.4) is 0 Å². The number of carboxylic acids is 1. The van der Waals surface area contributed by atoms with E-state index in [1.54, 1.807) is 44.2 Å². The lowest BCUT2D eigenvalue weighted by Crippen LogP contribution is -2.60. The van der Waals surface area contributed by atoms with E-state index in [1.807, 2.05) is 0 Å². The minimum absolute atomic E-state index is 0.0600. The molecule has 18 nitrogen and oxygen atoms in total. The number of benzene rings is 1. The molecule has 0 spiro atoms. The van der Waals surface area contributed by atoms with E-state index in [2.05, 4.69) is 26.6 Å². The van der Waals surface area contributed by atoms with Gasteiger partial charge in [-0.05, 0) is 31.2 Å². The summed E-state index contributed by atoms with van der Waals surface area (Å²) in [6, 6.07) is 2.60. The quantitative estimate of drug-likeness (QED) is 0.0445. The van der Waals surface area contributed by atoms with Crippen molar-refractivity contribution in [1.29, 1.82) is 0 Å². The van der Waals surface area contributed by atoms with Crippen molar-refractivity contribution in [3.8, 4) is 0 Å². The van der Waals surface area contributed by atoms with Crippen LogP contribution in [0.5, 0.6) is 0 Å². The molecule has 338 valence electrons. The fourth-order valence-corrected chi connectivity index (χ4v) is 6.38. The monoisotopic (exact) mass is 848 g/mol. The molecular weight excluding hydrogens is 779 g/mol. The SMILES string of the molecule is CCC(C)[C@@H](NC(=O)[C@@H](NC(=O)CCCCCCCCCCCCCCC(=O)N[C@H](CC(=O)N[C@@H](Cc1ccccc1)C(=O)O)C(N)=O)C(C)O)C(=O)NC(CO)C(N)=O. The molecular formula is C42H69N7O11. The van der Waals surface area contributed by atoms with E-state index < -0.39 is 96.7 Å². The number of aliphatic carboxylic acids is 1. The Morgan fingerprint density at radius 1 is 0.583 bits per heavy atom. The summed E-state index contributed by atoms with van der Waals surface area (Å²) in [5.41, 5.74) is 11.3. The Morgan fingerprint density at radius 3 is 1.47 bits per heavy atom. The standard InChI is InChI=1S/C42H69N7O11/c1-4-27(2)36(40(57)47-32(26-50)39(44)56)49-41(58)37(28(3)51)48-34(53)23-19-14-12-10-8-6-5-7-9-11-13-18-22-33(52)45-30(38(43)55)25-35(54)46-31(42(59)60)24-29-20-16-15-17-21-29/h15-17,20-21,27-28,30-32,36-37,50-51H,4-14,18-19,22-26H2,1-3H3,(H2,43,55)(H2,44,56)(H,45,52)(H,46,54)(H,47,57)(H,48,53)(H,49,58)(H,59,60)/t27?,28?,30-,31+,32?,36-,37+/m1/s1.